The standard InChI is InChI=1S/C12H24OSi/c1-5-9-12(13)10-11-14(6-2,7-3)8-4/h5,9H,6-8,10-11H2,1-4H3/b9-5+. The van der Waals surface area contributed by atoms with Gasteiger partial charge in [0.15, 0.2) is 5.78 Å². The van der Waals surface area contributed by atoms with Crippen LogP contribution in [0.1, 0.15) is 34.1 Å². The lowest BCUT2D eigenvalue weighted by atomic mass is 10.3. The summed E-state index contributed by atoms with van der Waals surface area (Å²) < 4.78 is 0. The summed E-state index contributed by atoms with van der Waals surface area (Å²) in [5.74, 6) is 0.305. The van der Waals surface area contributed by atoms with Crippen LogP contribution in [0.15, 0.2) is 12.2 Å². The fourth-order valence-electron chi connectivity index (χ4n) is 1.94. The smallest absolute Gasteiger partial charge is 0.155 e. The van der Waals surface area contributed by atoms with Gasteiger partial charge < -0.3 is 0 Å². The van der Waals surface area contributed by atoms with E-state index in [1.807, 2.05) is 13.0 Å². The van der Waals surface area contributed by atoms with Crippen molar-refractivity contribution in [3.63, 3.8) is 0 Å². The third kappa shape index (κ3) is 4.23. The Hall–Kier alpha value is -0.373. The number of carbonyl (C=O) groups excluding carboxylic acids is 1. The van der Waals surface area contributed by atoms with Crippen molar-refractivity contribution in [2.75, 3.05) is 0 Å². The lowest BCUT2D eigenvalue weighted by molar-refractivity contribution is -0.114. The van der Waals surface area contributed by atoms with E-state index >= 15 is 0 Å². The van der Waals surface area contributed by atoms with Gasteiger partial charge in [-0.2, -0.15) is 0 Å². The summed E-state index contributed by atoms with van der Waals surface area (Å²) in [5, 5.41) is 0. The number of hydrogen-bond acceptors (Lipinski definition) is 1. The van der Waals surface area contributed by atoms with E-state index in [-0.39, 0.29) is 0 Å². The number of carbonyl (C=O) groups is 1. The van der Waals surface area contributed by atoms with Gasteiger partial charge in [-0.3, -0.25) is 4.79 Å². The Balaban J connectivity index is 4.12. The molecule has 0 saturated heterocycles. The first kappa shape index (κ1) is 13.6. The molecule has 0 rings (SSSR count). The summed E-state index contributed by atoms with van der Waals surface area (Å²) in [7, 11) is -1.06. The minimum atomic E-state index is -1.06. The zero-order valence-corrected chi connectivity index (χ0v) is 11.1. The molecule has 0 saturated carbocycles. The zero-order valence-electron chi connectivity index (χ0n) is 10.1. The van der Waals surface area contributed by atoms with Crippen molar-refractivity contribution >= 4 is 13.9 Å². The van der Waals surface area contributed by atoms with E-state index in [4.69, 9.17) is 0 Å². The van der Waals surface area contributed by atoms with Crippen LogP contribution in [-0.4, -0.2) is 13.9 Å². The maximum atomic E-state index is 11.4. The molecule has 0 aliphatic heterocycles. The maximum absolute atomic E-state index is 11.4. The largest absolute Gasteiger partial charge is 0.295 e. The molecule has 0 radical (unpaired) electrons. The zero-order chi connectivity index (χ0) is 11.0. The van der Waals surface area contributed by atoms with Crippen LogP contribution in [0, 0.1) is 0 Å². The minimum absolute atomic E-state index is 0.305. The predicted octanol–water partition coefficient (Wildman–Crippen LogP) is 4.03. The summed E-state index contributed by atoms with van der Waals surface area (Å²) in [5.41, 5.74) is 0. The van der Waals surface area contributed by atoms with Gasteiger partial charge in [0, 0.05) is 6.42 Å². The quantitative estimate of drug-likeness (QED) is 0.460. The average Bonchev–Trinajstić information content (AvgIpc) is 2.21. The van der Waals surface area contributed by atoms with Crippen LogP contribution in [0.2, 0.25) is 24.2 Å². The van der Waals surface area contributed by atoms with Crippen LogP contribution < -0.4 is 0 Å². The van der Waals surface area contributed by atoms with Gasteiger partial charge in [0.05, 0.1) is 8.07 Å². The molecule has 0 amide bonds. The van der Waals surface area contributed by atoms with Crippen molar-refractivity contribution < 1.29 is 4.79 Å². The van der Waals surface area contributed by atoms with Crippen molar-refractivity contribution in [1.29, 1.82) is 0 Å². The Morgan fingerprint density at radius 1 is 1.14 bits per heavy atom. The third-order valence-electron chi connectivity index (χ3n) is 3.50. The molecule has 14 heavy (non-hydrogen) atoms. The van der Waals surface area contributed by atoms with Crippen LogP contribution in [0.4, 0.5) is 0 Å². The summed E-state index contributed by atoms with van der Waals surface area (Å²) in [6.45, 7) is 8.78. The number of allylic oxidation sites excluding steroid dienone is 2. The Bertz CT molecular complexity index is 184. The summed E-state index contributed by atoms with van der Waals surface area (Å²) in [6, 6.07) is 5.15. The van der Waals surface area contributed by atoms with Crippen LogP contribution in [0.25, 0.3) is 0 Å². The molecule has 0 bridgehead atoms. The van der Waals surface area contributed by atoms with E-state index in [2.05, 4.69) is 20.8 Å². The number of hydrogen-bond donors (Lipinski definition) is 0. The van der Waals surface area contributed by atoms with Crippen molar-refractivity contribution in [3.05, 3.63) is 12.2 Å². The molecule has 1 nitrogen and oxygen atoms in total. The van der Waals surface area contributed by atoms with Crippen molar-refractivity contribution in [3.8, 4) is 0 Å². The number of ketones is 1. The lowest BCUT2D eigenvalue weighted by Gasteiger charge is -2.27. The van der Waals surface area contributed by atoms with Crippen LogP contribution in [0.5, 0.6) is 0 Å². The molecule has 0 spiro atoms. The molecule has 0 unspecified atom stereocenters. The SMILES string of the molecule is C/C=C/C(=O)CC[Si](CC)(CC)CC. The Labute approximate surface area is 89.6 Å². The van der Waals surface area contributed by atoms with Gasteiger partial charge in [-0.15, -0.1) is 0 Å². The first-order valence-electron chi connectivity index (χ1n) is 5.79. The molecule has 0 fully saturated rings. The molecule has 2 heteroatoms. The Morgan fingerprint density at radius 3 is 2.00 bits per heavy atom. The van der Waals surface area contributed by atoms with Crippen LogP contribution in [-0.2, 0) is 4.79 Å². The molecule has 82 valence electrons. The van der Waals surface area contributed by atoms with E-state index in [1.165, 1.54) is 24.2 Å². The fourth-order valence-corrected chi connectivity index (χ4v) is 5.28. The Kier molecular flexibility index (Phi) is 6.80. The first-order valence-corrected chi connectivity index (χ1v) is 8.62. The molecule has 0 aromatic heterocycles. The van der Waals surface area contributed by atoms with Gasteiger partial charge in [0.25, 0.3) is 0 Å². The highest BCUT2D eigenvalue weighted by Gasteiger charge is 2.26. The average molecular weight is 212 g/mol. The van der Waals surface area contributed by atoms with E-state index in [1.54, 1.807) is 6.08 Å². The molecular weight excluding hydrogens is 188 g/mol. The van der Waals surface area contributed by atoms with E-state index in [0.29, 0.717) is 5.78 Å². The van der Waals surface area contributed by atoms with Crippen LogP contribution in [0.3, 0.4) is 0 Å². The van der Waals surface area contributed by atoms with Crippen molar-refractivity contribution in [2.24, 2.45) is 0 Å². The van der Waals surface area contributed by atoms with Gasteiger partial charge in [0.2, 0.25) is 0 Å². The highest BCUT2D eigenvalue weighted by atomic mass is 28.3. The van der Waals surface area contributed by atoms with E-state index in [0.717, 1.165) is 6.42 Å². The highest BCUT2D eigenvalue weighted by Crippen LogP contribution is 2.26. The third-order valence-corrected chi connectivity index (χ3v) is 9.31. The molecule has 0 aliphatic rings. The fraction of sp³-hybridized carbons (Fsp3) is 0.750. The molecule has 0 aromatic carbocycles. The van der Waals surface area contributed by atoms with Gasteiger partial charge in [-0.25, -0.2) is 0 Å². The summed E-state index contributed by atoms with van der Waals surface area (Å²) >= 11 is 0. The summed E-state index contributed by atoms with van der Waals surface area (Å²) in [6.07, 6.45) is 4.32. The number of rotatable bonds is 7. The van der Waals surface area contributed by atoms with Crippen LogP contribution >= 0.6 is 0 Å². The highest BCUT2D eigenvalue weighted by molar-refractivity contribution is 6.79. The van der Waals surface area contributed by atoms with Crippen molar-refractivity contribution in [1.82, 2.24) is 0 Å². The Morgan fingerprint density at radius 2 is 1.64 bits per heavy atom. The second-order valence-electron chi connectivity index (χ2n) is 4.03. The minimum Gasteiger partial charge on any atom is -0.295 e. The van der Waals surface area contributed by atoms with E-state index in [9.17, 15) is 4.79 Å². The van der Waals surface area contributed by atoms with Gasteiger partial charge in [-0.05, 0) is 19.0 Å². The van der Waals surface area contributed by atoms with Gasteiger partial charge >= 0.3 is 0 Å². The molecular formula is C12H24OSi. The first-order chi connectivity index (χ1) is 6.64. The van der Waals surface area contributed by atoms with Gasteiger partial charge in [0.1, 0.15) is 0 Å². The molecule has 0 aliphatic carbocycles. The van der Waals surface area contributed by atoms with E-state index < -0.39 is 8.07 Å². The molecule has 0 heterocycles. The maximum Gasteiger partial charge on any atom is 0.155 e. The molecule has 0 N–H and O–H groups in total. The monoisotopic (exact) mass is 212 g/mol. The summed E-state index contributed by atoms with van der Waals surface area (Å²) in [4.78, 5) is 11.4. The predicted molar refractivity (Wildman–Crippen MR) is 66.4 cm³/mol. The second-order valence-corrected chi connectivity index (χ2v) is 9.65. The van der Waals surface area contributed by atoms with Crippen molar-refractivity contribution in [2.45, 2.75) is 58.3 Å². The topological polar surface area (TPSA) is 17.1 Å². The normalized spacial score (nSPS) is 12.3. The molecule has 0 atom stereocenters. The second kappa shape index (κ2) is 6.99. The lowest BCUT2D eigenvalue weighted by Crippen LogP contribution is -2.31. The van der Waals surface area contributed by atoms with Gasteiger partial charge in [-0.1, -0.05) is 45.0 Å². The molecule has 0 aromatic rings.